The standard InChI is InChI=1S/C21H24N2O3/c24-21(14-23-12-6-9-18(23)16-7-2-1-3-8-16)22-13-17-15-25-19-10-4-5-11-20(19)26-17/h1-5,7-8,10-11,17-18H,6,9,12-15H2,(H,22,24)/t17-,18-/m1/s1. The van der Waals surface area contributed by atoms with Crippen LogP contribution in [0.3, 0.4) is 0 Å². The van der Waals surface area contributed by atoms with Crippen LogP contribution < -0.4 is 14.8 Å². The van der Waals surface area contributed by atoms with Crippen molar-refractivity contribution in [2.45, 2.75) is 25.0 Å². The number of amides is 1. The summed E-state index contributed by atoms with van der Waals surface area (Å²) < 4.78 is 11.6. The Labute approximate surface area is 153 Å². The summed E-state index contributed by atoms with van der Waals surface area (Å²) in [5.41, 5.74) is 1.29. The van der Waals surface area contributed by atoms with E-state index in [0.29, 0.717) is 25.7 Å². The van der Waals surface area contributed by atoms with Crippen molar-refractivity contribution >= 4 is 5.91 Å². The predicted octanol–water partition coefficient (Wildman–Crippen LogP) is 2.78. The van der Waals surface area contributed by atoms with E-state index in [1.165, 1.54) is 5.56 Å². The van der Waals surface area contributed by atoms with Crippen LogP contribution in [0, 0.1) is 0 Å². The second-order valence-electron chi connectivity index (χ2n) is 6.84. The minimum Gasteiger partial charge on any atom is -0.486 e. The Morgan fingerprint density at radius 1 is 1.08 bits per heavy atom. The van der Waals surface area contributed by atoms with Gasteiger partial charge in [-0.25, -0.2) is 0 Å². The van der Waals surface area contributed by atoms with Crippen LogP contribution in [0.1, 0.15) is 24.4 Å². The first-order valence-electron chi connectivity index (χ1n) is 9.24. The Bertz CT molecular complexity index is 750. The van der Waals surface area contributed by atoms with Crippen molar-refractivity contribution < 1.29 is 14.3 Å². The smallest absolute Gasteiger partial charge is 0.234 e. The number of ether oxygens (including phenoxy) is 2. The number of carbonyl (C=O) groups is 1. The van der Waals surface area contributed by atoms with Gasteiger partial charge in [0.1, 0.15) is 12.7 Å². The first-order chi connectivity index (χ1) is 12.8. The van der Waals surface area contributed by atoms with E-state index in [2.05, 4.69) is 34.5 Å². The number of nitrogens with zero attached hydrogens (tertiary/aromatic N) is 1. The third kappa shape index (κ3) is 3.83. The van der Waals surface area contributed by atoms with Gasteiger partial charge in [-0.15, -0.1) is 0 Å². The summed E-state index contributed by atoms with van der Waals surface area (Å²) in [4.78, 5) is 14.7. The molecule has 0 aromatic heterocycles. The van der Waals surface area contributed by atoms with E-state index >= 15 is 0 Å². The molecule has 0 radical (unpaired) electrons. The Hall–Kier alpha value is -2.53. The van der Waals surface area contributed by atoms with Gasteiger partial charge in [0.2, 0.25) is 5.91 Å². The third-order valence-corrected chi connectivity index (χ3v) is 4.99. The van der Waals surface area contributed by atoms with Gasteiger partial charge in [0, 0.05) is 6.04 Å². The van der Waals surface area contributed by atoms with Gasteiger partial charge in [0.25, 0.3) is 0 Å². The van der Waals surface area contributed by atoms with Gasteiger partial charge in [0.15, 0.2) is 11.5 Å². The maximum absolute atomic E-state index is 12.4. The van der Waals surface area contributed by atoms with Gasteiger partial charge in [-0.3, -0.25) is 9.69 Å². The minimum absolute atomic E-state index is 0.0373. The SMILES string of the molecule is O=C(CN1CCC[C@@H]1c1ccccc1)NC[C@@H]1COc2ccccc2O1. The largest absolute Gasteiger partial charge is 0.486 e. The van der Waals surface area contributed by atoms with Crippen LogP contribution in [-0.2, 0) is 4.79 Å². The van der Waals surface area contributed by atoms with Gasteiger partial charge in [-0.2, -0.15) is 0 Å². The molecule has 0 aliphatic carbocycles. The van der Waals surface area contributed by atoms with E-state index in [0.717, 1.165) is 30.9 Å². The Kier molecular flexibility index (Phi) is 5.07. The molecule has 2 heterocycles. The molecule has 0 bridgehead atoms. The summed E-state index contributed by atoms with van der Waals surface area (Å²) >= 11 is 0. The summed E-state index contributed by atoms with van der Waals surface area (Å²) in [6.07, 6.45) is 2.08. The average Bonchev–Trinajstić information content (AvgIpc) is 3.15. The van der Waals surface area contributed by atoms with E-state index in [-0.39, 0.29) is 12.0 Å². The molecule has 1 saturated heterocycles. The molecule has 2 aliphatic heterocycles. The summed E-state index contributed by atoms with van der Waals surface area (Å²) in [6, 6.07) is 18.4. The lowest BCUT2D eigenvalue weighted by atomic mass is 10.0. The number of fused-ring (bicyclic) bond motifs is 1. The van der Waals surface area contributed by atoms with Crippen molar-refractivity contribution in [3.8, 4) is 11.5 Å². The molecule has 2 aromatic rings. The van der Waals surface area contributed by atoms with E-state index in [4.69, 9.17) is 9.47 Å². The van der Waals surface area contributed by atoms with Crippen LogP contribution in [0.15, 0.2) is 54.6 Å². The fourth-order valence-corrected chi connectivity index (χ4v) is 3.70. The van der Waals surface area contributed by atoms with Crippen molar-refractivity contribution in [3.05, 3.63) is 60.2 Å². The second kappa shape index (κ2) is 7.79. The molecule has 2 aliphatic rings. The van der Waals surface area contributed by atoms with Crippen LogP contribution in [0.25, 0.3) is 0 Å². The van der Waals surface area contributed by atoms with Gasteiger partial charge in [-0.05, 0) is 37.1 Å². The molecule has 1 N–H and O–H groups in total. The average molecular weight is 352 g/mol. The molecular weight excluding hydrogens is 328 g/mol. The summed E-state index contributed by atoms with van der Waals surface area (Å²) in [5.74, 6) is 1.54. The molecule has 26 heavy (non-hydrogen) atoms. The highest BCUT2D eigenvalue weighted by Gasteiger charge is 2.28. The van der Waals surface area contributed by atoms with E-state index in [1.54, 1.807) is 0 Å². The first-order valence-corrected chi connectivity index (χ1v) is 9.24. The summed E-state index contributed by atoms with van der Waals surface area (Å²) in [5, 5.41) is 3.00. The van der Waals surface area contributed by atoms with Gasteiger partial charge in [0.05, 0.1) is 13.1 Å². The highest BCUT2D eigenvalue weighted by atomic mass is 16.6. The topological polar surface area (TPSA) is 50.8 Å². The maximum Gasteiger partial charge on any atom is 0.234 e. The molecule has 136 valence electrons. The third-order valence-electron chi connectivity index (χ3n) is 4.99. The Morgan fingerprint density at radius 2 is 1.85 bits per heavy atom. The fraction of sp³-hybridized carbons (Fsp3) is 0.381. The summed E-state index contributed by atoms with van der Waals surface area (Å²) in [7, 11) is 0. The van der Waals surface area contributed by atoms with Crippen molar-refractivity contribution in [3.63, 3.8) is 0 Å². The number of nitrogens with one attached hydrogen (secondary N) is 1. The predicted molar refractivity (Wildman–Crippen MR) is 99.4 cm³/mol. The van der Waals surface area contributed by atoms with Crippen LogP contribution >= 0.6 is 0 Å². The quantitative estimate of drug-likeness (QED) is 0.899. The summed E-state index contributed by atoms with van der Waals surface area (Å²) in [6.45, 7) is 2.29. The van der Waals surface area contributed by atoms with Crippen molar-refractivity contribution in [2.75, 3.05) is 26.2 Å². The zero-order valence-electron chi connectivity index (χ0n) is 14.8. The number of hydrogen-bond acceptors (Lipinski definition) is 4. The van der Waals surface area contributed by atoms with E-state index < -0.39 is 0 Å². The first kappa shape index (κ1) is 16.9. The van der Waals surface area contributed by atoms with E-state index in [1.807, 2.05) is 30.3 Å². The highest BCUT2D eigenvalue weighted by Crippen LogP contribution is 2.32. The lowest BCUT2D eigenvalue weighted by Crippen LogP contribution is -2.44. The zero-order valence-corrected chi connectivity index (χ0v) is 14.8. The van der Waals surface area contributed by atoms with Gasteiger partial charge >= 0.3 is 0 Å². The van der Waals surface area contributed by atoms with E-state index in [9.17, 15) is 4.79 Å². The van der Waals surface area contributed by atoms with Crippen LogP contribution in [-0.4, -0.2) is 43.2 Å². The fourth-order valence-electron chi connectivity index (χ4n) is 3.70. The normalized spacial score (nSPS) is 22.2. The molecule has 5 heteroatoms. The second-order valence-corrected chi connectivity index (χ2v) is 6.84. The number of carbonyl (C=O) groups excluding carboxylic acids is 1. The Balaban J connectivity index is 1.28. The number of para-hydroxylation sites is 2. The monoisotopic (exact) mass is 352 g/mol. The molecule has 0 unspecified atom stereocenters. The van der Waals surface area contributed by atoms with Gasteiger partial charge < -0.3 is 14.8 Å². The number of likely N-dealkylation sites (tertiary alicyclic amines) is 1. The lowest BCUT2D eigenvalue weighted by molar-refractivity contribution is -0.123. The maximum atomic E-state index is 12.4. The zero-order chi connectivity index (χ0) is 17.8. The number of rotatable bonds is 5. The molecular formula is C21H24N2O3. The van der Waals surface area contributed by atoms with Crippen molar-refractivity contribution in [1.29, 1.82) is 0 Å². The molecule has 1 fully saturated rings. The van der Waals surface area contributed by atoms with Gasteiger partial charge in [-0.1, -0.05) is 42.5 Å². The molecule has 0 spiro atoms. The molecule has 4 rings (SSSR count). The Morgan fingerprint density at radius 3 is 2.69 bits per heavy atom. The van der Waals surface area contributed by atoms with Crippen molar-refractivity contribution in [2.24, 2.45) is 0 Å². The van der Waals surface area contributed by atoms with Crippen LogP contribution in [0.5, 0.6) is 11.5 Å². The molecule has 2 aromatic carbocycles. The number of benzene rings is 2. The van der Waals surface area contributed by atoms with Crippen molar-refractivity contribution in [1.82, 2.24) is 10.2 Å². The molecule has 2 atom stereocenters. The molecule has 1 amide bonds. The highest BCUT2D eigenvalue weighted by molar-refractivity contribution is 5.78. The van der Waals surface area contributed by atoms with Crippen LogP contribution in [0.2, 0.25) is 0 Å². The minimum atomic E-state index is -0.155. The number of hydrogen-bond donors (Lipinski definition) is 1. The van der Waals surface area contributed by atoms with Crippen LogP contribution in [0.4, 0.5) is 0 Å². The lowest BCUT2D eigenvalue weighted by Gasteiger charge is -2.27. The molecule has 5 nitrogen and oxygen atoms in total. The molecule has 0 saturated carbocycles.